The molecule has 1 aliphatic carbocycles. The molecule has 1 aliphatic heterocycles. The monoisotopic (exact) mass is 257 g/mol. The number of nitrogens with zero attached hydrogens (tertiary/aromatic N) is 1. The highest BCUT2D eigenvalue weighted by Crippen LogP contribution is 2.46. The largest absolute Gasteiger partial charge is 0.274 e. The second-order valence-corrected chi connectivity index (χ2v) is 5.89. The molecule has 1 heterocycles. The zero-order chi connectivity index (χ0) is 13.5. The minimum absolute atomic E-state index is 0.0301. The van der Waals surface area contributed by atoms with Crippen LogP contribution in [0, 0.1) is 12.3 Å². The van der Waals surface area contributed by atoms with Crippen molar-refractivity contribution < 1.29 is 9.59 Å². The summed E-state index contributed by atoms with van der Waals surface area (Å²) in [6.07, 6.45) is 5.48. The van der Waals surface area contributed by atoms with Crippen LogP contribution in [0.1, 0.15) is 44.1 Å². The van der Waals surface area contributed by atoms with Gasteiger partial charge in [0.1, 0.15) is 0 Å². The molecule has 19 heavy (non-hydrogen) atoms. The Morgan fingerprint density at radius 2 is 1.84 bits per heavy atom. The van der Waals surface area contributed by atoms with Crippen LogP contribution in [-0.4, -0.2) is 11.8 Å². The number of hydrogen-bond donors (Lipinski definition) is 0. The fourth-order valence-corrected chi connectivity index (χ4v) is 3.44. The molecule has 0 atom stereocenters. The quantitative estimate of drug-likeness (QED) is 0.724. The van der Waals surface area contributed by atoms with Crippen LogP contribution in [0.5, 0.6) is 0 Å². The van der Waals surface area contributed by atoms with Gasteiger partial charge in [-0.05, 0) is 37.5 Å². The van der Waals surface area contributed by atoms with Gasteiger partial charge in [0.25, 0.3) is 0 Å². The van der Waals surface area contributed by atoms with Crippen molar-refractivity contribution in [1.82, 2.24) is 0 Å². The van der Waals surface area contributed by atoms with Crippen LogP contribution in [0.2, 0.25) is 0 Å². The summed E-state index contributed by atoms with van der Waals surface area (Å²) in [6.45, 7) is 1.98. The van der Waals surface area contributed by atoms with E-state index in [1.54, 1.807) is 0 Å². The third-order valence-electron chi connectivity index (χ3n) is 4.47. The van der Waals surface area contributed by atoms with Crippen LogP contribution in [0.15, 0.2) is 24.3 Å². The van der Waals surface area contributed by atoms with E-state index in [9.17, 15) is 9.59 Å². The average molecular weight is 257 g/mol. The number of imide groups is 1. The van der Waals surface area contributed by atoms with E-state index in [-0.39, 0.29) is 17.2 Å². The minimum Gasteiger partial charge on any atom is -0.274 e. The van der Waals surface area contributed by atoms with Gasteiger partial charge in [0, 0.05) is 6.42 Å². The van der Waals surface area contributed by atoms with E-state index in [4.69, 9.17) is 0 Å². The topological polar surface area (TPSA) is 37.4 Å². The second-order valence-electron chi connectivity index (χ2n) is 5.89. The number of hydrogen-bond acceptors (Lipinski definition) is 2. The van der Waals surface area contributed by atoms with Gasteiger partial charge in [0.05, 0.1) is 11.1 Å². The predicted octanol–water partition coefficient (Wildman–Crippen LogP) is 3.21. The average Bonchev–Trinajstić information content (AvgIpc) is 2.62. The number of rotatable bonds is 1. The fourth-order valence-electron chi connectivity index (χ4n) is 3.44. The van der Waals surface area contributed by atoms with Crippen LogP contribution >= 0.6 is 0 Å². The van der Waals surface area contributed by atoms with Crippen LogP contribution in [-0.2, 0) is 9.59 Å². The zero-order valence-corrected chi connectivity index (χ0v) is 11.3. The van der Waals surface area contributed by atoms with Gasteiger partial charge in [0.2, 0.25) is 11.8 Å². The van der Waals surface area contributed by atoms with E-state index in [0.29, 0.717) is 6.42 Å². The second kappa shape index (κ2) is 4.48. The summed E-state index contributed by atoms with van der Waals surface area (Å²) in [5.41, 5.74) is 1.42. The fraction of sp³-hybridized carbons (Fsp3) is 0.500. The van der Waals surface area contributed by atoms with Gasteiger partial charge in [-0.3, -0.25) is 14.5 Å². The maximum atomic E-state index is 12.7. The normalized spacial score (nSPS) is 22.3. The molecule has 1 saturated heterocycles. The Labute approximate surface area is 113 Å². The Morgan fingerprint density at radius 3 is 2.53 bits per heavy atom. The molecule has 0 aromatic heterocycles. The van der Waals surface area contributed by atoms with E-state index in [0.717, 1.165) is 36.9 Å². The number of aryl methyl sites for hydroxylation is 1. The highest BCUT2D eigenvalue weighted by Gasteiger charge is 2.51. The van der Waals surface area contributed by atoms with Gasteiger partial charge in [-0.2, -0.15) is 0 Å². The number of anilines is 1. The van der Waals surface area contributed by atoms with Gasteiger partial charge in [-0.25, -0.2) is 0 Å². The zero-order valence-electron chi connectivity index (χ0n) is 11.3. The Kier molecular flexibility index (Phi) is 2.92. The lowest BCUT2D eigenvalue weighted by molar-refractivity contribution is -0.127. The first-order chi connectivity index (χ1) is 9.12. The Hall–Kier alpha value is -1.64. The van der Waals surface area contributed by atoms with Gasteiger partial charge >= 0.3 is 0 Å². The Bertz CT molecular complexity index is 529. The summed E-state index contributed by atoms with van der Waals surface area (Å²) in [5, 5.41) is 0. The number of benzene rings is 1. The smallest absolute Gasteiger partial charge is 0.240 e. The summed E-state index contributed by atoms with van der Waals surface area (Å²) in [7, 11) is 0. The molecule has 100 valence electrons. The first-order valence-corrected chi connectivity index (χ1v) is 7.06. The number of carbonyl (C=O) groups is 2. The highest BCUT2D eigenvalue weighted by atomic mass is 16.2. The van der Waals surface area contributed by atoms with Crippen molar-refractivity contribution in [1.29, 1.82) is 0 Å². The molecule has 2 amide bonds. The van der Waals surface area contributed by atoms with Crippen molar-refractivity contribution in [2.24, 2.45) is 5.41 Å². The third-order valence-corrected chi connectivity index (χ3v) is 4.47. The number of amides is 2. The molecule has 1 spiro atoms. The summed E-state index contributed by atoms with van der Waals surface area (Å²) in [5.74, 6) is 0.000278. The van der Waals surface area contributed by atoms with Gasteiger partial charge in [-0.15, -0.1) is 0 Å². The summed E-state index contributed by atoms with van der Waals surface area (Å²) in [6, 6.07) is 7.64. The van der Waals surface area contributed by atoms with Crippen LogP contribution in [0.25, 0.3) is 0 Å². The molecule has 3 rings (SSSR count). The molecular weight excluding hydrogens is 238 g/mol. The molecular formula is C16H19NO2. The third kappa shape index (κ3) is 1.97. The lowest BCUT2D eigenvalue weighted by atomic mass is 9.73. The predicted molar refractivity (Wildman–Crippen MR) is 73.8 cm³/mol. The summed E-state index contributed by atoms with van der Waals surface area (Å²) in [4.78, 5) is 26.4. The maximum Gasteiger partial charge on any atom is 0.240 e. The minimum atomic E-state index is -0.390. The first-order valence-electron chi connectivity index (χ1n) is 7.06. The molecule has 3 nitrogen and oxygen atoms in total. The molecule has 1 aromatic carbocycles. The van der Waals surface area contributed by atoms with Crippen LogP contribution < -0.4 is 4.90 Å². The van der Waals surface area contributed by atoms with E-state index in [2.05, 4.69) is 0 Å². The molecule has 0 unspecified atom stereocenters. The van der Waals surface area contributed by atoms with Gasteiger partial charge < -0.3 is 0 Å². The van der Waals surface area contributed by atoms with Crippen LogP contribution in [0.3, 0.4) is 0 Å². The first kappa shape index (κ1) is 12.4. The molecule has 2 aliphatic rings. The van der Waals surface area contributed by atoms with Crippen molar-refractivity contribution in [2.45, 2.75) is 45.4 Å². The lowest BCUT2D eigenvalue weighted by Crippen LogP contribution is -2.36. The summed E-state index contributed by atoms with van der Waals surface area (Å²) >= 11 is 0. The molecule has 1 aromatic rings. The molecule has 3 heteroatoms. The van der Waals surface area contributed by atoms with Crippen molar-refractivity contribution >= 4 is 17.5 Å². The van der Waals surface area contributed by atoms with E-state index >= 15 is 0 Å². The van der Waals surface area contributed by atoms with E-state index in [1.165, 1.54) is 11.3 Å². The highest BCUT2D eigenvalue weighted by molar-refractivity contribution is 6.22. The molecule has 0 radical (unpaired) electrons. The SMILES string of the molecule is Cc1cccc(N2C(=O)CC3(CCCCC3)C2=O)c1. The van der Waals surface area contributed by atoms with Crippen molar-refractivity contribution in [3.8, 4) is 0 Å². The molecule has 2 fully saturated rings. The Balaban J connectivity index is 1.95. The van der Waals surface area contributed by atoms with Crippen molar-refractivity contribution in [3.63, 3.8) is 0 Å². The van der Waals surface area contributed by atoms with E-state index < -0.39 is 0 Å². The van der Waals surface area contributed by atoms with Crippen LogP contribution in [0.4, 0.5) is 5.69 Å². The van der Waals surface area contributed by atoms with E-state index in [1.807, 2.05) is 31.2 Å². The standard InChI is InChI=1S/C16H19NO2/c1-12-6-5-7-13(10-12)17-14(18)11-16(15(17)19)8-3-2-4-9-16/h5-7,10H,2-4,8-9,11H2,1H3. The summed E-state index contributed by atoms with van der Waals surface area (Å²) < 4.78 is 0. The van der Waals surface area contributed by atoms with Crippen molar-refractivity contribution in [2.75, 3.05) is 4.90 Å². The maximum absolute atomic E-state index is 12.7. The Morgan fingerprint density at radius 1 is 1.11 bits per heavy atom. The van der Waals surface area contributed by atoms with Crippen molar-refractivity contribution in [3.05, 3.63) is 29.8 Å². The molecule has 1 saturated carbocycles. The van der Waals surface area contributed by atoms with Gasteiger partial charge in [-0.1, -0.05) is 31.4 Å². The lowest BCUT2D eigenvalue weighted by Gasteiger charge is -2.30. The molecule has 0 bridgehead atoms. The number of carbonyl (C=O) groups excluding carboxylic acids is 2. The van der Waals surface area contributed by atoms with Gasteiger partial charge in [0.15, 0.2) is 0 Å². The molecule has 0 N–H and O–H groups in total.